The first kappa shape index (κ1) is 13.7. The third-order valence-corrected chi connectivity index (χ3v) is 1.83. The Labute approximate surface area is 91.5 Å². The van der Waals surface area contributed by atoms with E-state index in [0.29, 0.717) is 12.2 Å². The number of ether oxygens (including phenoxy) is 1. The number of rotatable bonds is 6. The summed E-state index contributed by atoms with van der Waals surface area (Å²) in [5.74, 6) is 0.495. The zero-order valence-electron chi connectivity index (χ0n) is 9.66. The highest BCUT2D eigenvalue weighted by molar-refractivity contribution is 5.41. The lowest BCUT2D eigenvalue weighted by Crippen LogP contribution is -2.11. The minimum Gasteiger partial charge on any atom is -0.463 e. The summed E-state index contributed by atoms with van der Waals surface area (Å²) in [4.78, 5) is 3.64. The minimum absolute atomic E-state index is 0.495. The Morgan fingerprint density at radius 1 is 1.60 bits per heavy atom. The van der Waals surface area contributed by atoms with Crippen molar-refractivity contribution >= 4 is 6.72 Å². The van der Waals surface area contributed by atoms with Crippen LogP contribution in [0.15, 0.2) is 40.8 Å². The molecule has 0 bridgehead atoms. The third-order valence-electron chi connectivity index (χ3n) is 1.83. The molecule has 0 aromatic heterocycles. The van der Waals surface area contributed by atoms with Gasteiger partial charge in [0.1, 0.15) is 5.76 Å². The van der Waals surface area contributed by atoms with Crippen LogP contribution in [0.25, 0.3) is 0 Å². The standard InChI is InChI=1S/C12H19NO2/c1-6-10(9(3)4)11(8-13-5)15-12(14)7-2/h6,8,12,14H,3,5,7H2,1-2,4H3/b10-6-,11-8+. The van der Waals surface area contributed by atoms with Gasteiger partial charge in [0.2, 0.25) is 0 Å². The van der Waals surface area contributed by atoms with Gasteiger partial charge in [-0.05, 0) is 26.1 Å². The van der Waals surface area contributed by atoms with Crippen molar-refractivity contribution in [3.05, 3.63) is 35.8 Å². The van der Waals surface area contributed by atoms with Crippen molar-refractivity contribution in [3.8, 4) is 0 Å². The summed E-state index contributed by atoms with van der Waals surface area (Å²) in [6, 6.07) is 0. The van der Waals surface area contributed by atoms with E-state index in [1.807, 2.05) is 26.8 Å². The van der Waals surface area contributed by atoms with Crippen LogP contribution in [-0.4, -0.2) is 18.1 Å². The maximum Gasteiger partial charge on any atom is 0.197 e. The van der Waals surface area contributed by atoms with Crippen molar-refractivity contribution in [2.24, 2.45) is 4.99 Å². The van der Waals surface area contributed by atoms with Crippen LogP contribution in [0.3, 0.4) is 0 Å². The lowest BCUT2D eigenvalue weighted by molar-refractivity contribution is -0.0632. The van der Waals surface area contributed by atoms with Gasteiger partial charge < -0.3 is 9.84 Å². The molecule has 0 spiro atoms. The molecule has 1 N–H and O–H groups in total. The normalized spacial score (nSPS) is 14.7. The van der Waals surface area contributed by atoms with Gasteiger partial charge in [0.15, 0.2) is 6.29 Å². The van der Waals surface area contributed by atoms with Crippen LogP contribution in [0.2, 0.25) is 0 Å². The molecule has 0 aromatic rings. The van der Waals surface area contributed by atoms with Crippen LogP contribution in [0.1, 0.15) is 27.2 Å². The molecule has 15 heavy (non-hydrogen) atoms. The summed E-state index contributed by atoms with van der Waals surface area (Å²) in [6.45, 7) is 12.8. The fourth-order valence-electron chi connectivity index (χ4n) is 1.08. The van der Waals surface area contributed by atoms with E-state index in [1.54, 1.807) is 0 Å². The first-order valence-corrected chi connectivity index (χ1v) is 4.90. The molecule has 0 aliphatic heterocycles. The Hall–Kier alpha value is -1.35. The quantitative estimate of drug-likeness (QED) is 0.316. The highest BCUT2D eigenvalue weighted by Gasteiger charge is 2.10. The Morgan fingerprint density at radius 3 is 2.53 bits per heavy atom. The number of aliphatic imine (C=N–C) groups is 1. The van der Waals surface area contributed by atoms with E-state index in [1.165, 1.54) is 6.20 Å². The van der Waals surface area contributed by atoms with E-state index < -0.39 is 6.29 Å². The largest absolute Gasteiger partial charge is 0.463 e. The van der Waals surface area contributed by atoms with Gasteiger partial charge in [-0.15, -0.1) is 0 Å². The average molecular weight is 209 g/mol. The summed E-state index contributed by atoms with van der Waals surface area (Å²) < 4.78 is 5.31. The number of aliphatic hydroxyl groups excluding tert-OH is 1. The molecule has 84 valence electrons. The predicted octanol–water partition coefficient (Wildman–Crippen LogP) is 2.80. The van der Waals surface area contributed by atoms with Crippen molar-refractivity contribution in [3.63, 3.8) is 0 Å². The Balaban J connectivity index is 4.89. The molecular weight excluding hydrogens is 190 g/mol. The van der Waals surface area contributed by atoms with Crippen LogP contribution in [0.5, 0.6) is 0 Å². The lowest BCUT2D eigenvalue weighted by atomic mass is 10.1. The first-order chi connectivity index (χ1) is 7.06. The molecular formula is C12H19NO2. The summed E-state index contributed by atoms with van der Waals surface area (Å²) >= 11 is 0. The molecule has 0 aliphatic carbocycles. The molecule has 3 nitrogen and oxygen atoms in total. The number of hydrogen-bond donors (Lipinski definition) is 1. The maximum atomic E-state index is 9.40. The summed E-state index contributed by atoms with van der Waals surface area (Å²) in [5.41, 5.74) is 1.69. The molecule has 0 aromatic carbocycles. The Kier molecular flexibility index (Phi) is 6.38. The monoisotopic (exact) mass is 209 g/mol. The van der Waals surface area contributed by atoms with E-state index in [9.17, 15) is 5.11 Å². The van der Waals surface area contributed by atoms with Crippen LogP contribution < -0.4 is 0 Å². The zero-order chi connectivity index (χ0) is 11.8. The highest BCUT2D eigenvalue weighted by Crippen LogP contribution is 2.20. The fraction of sp³-hybridized carbons (Fsp3) is 0.417. The second kappa shape index (κ2) is 7.01. The first-order valence-electron chi connectivity index (χ1n) is 4.90. The second-order valence-corrected chi connectivity index (χ2v) is 3.14. The molecule has 0 fully saturated rings. The zero-order valence-corrected chi connectivity index (χ0v) is 9.66. The van der Waals surface area contributed by atoms with Crippen molar-refractivity contribution in [1.82, 2.24) is 0 Å². The van der Waals surface area contributed by atoms with E-state index in [2.05, 4.69) is 18.3 Å². The molecule has 0 aliphatic rings. The SMILES string of the molecule is C=N/C=C(OC(O)CC)\C(=C/C)C(=C)C. The van der Waals surface area contributed by atoms with Crippen LogP contribution in [0.4, 0.5) is 0 Å². The average Bonchev–Trinajstić information content (AvgIpc) is 2.18. The number of nitrogens with zero attached hydrogens (tertiary/aromatic N) is 1. The van der Waals surface area contributed by atoms with Crippen LogP contribution in [-0.2, 0) is 4.74 Å². The van der Waals surface area contributed by atoms with E-state index in [4.69, 9.17) is 4.74 Å². The molecule has 0 radical (unpaired) electrons. The maximum absolute atomic E-state index is 9.40. The molecule has 1 atom stereocenters. The van der Waals surface area contributed by atoms with Crippen molar-refractivity contribution < 1.29 is 9.84 Å². The predicted molar refractivity (Wildman–Crippen MR) is 63.6 cm³/mol. The van der Waals surface area contributed by atoms with Gasteiger partial charge in [0.25, 0.3) is 0 Å². The van der Waals surface area contributed by atoms with Gasteiger partial charge in [-0.25, -0.2) is 0 Å². The summed E-state index contributed by atoms with van der Waals surface area (Å²) in [7, 11) is 0. The van der Waals surface area contributed by atoms with Gasteiger partial charge in [-0.1, -0.05) is 19.6 Å². The van der Waals surface area contributed by atoms with Gasteiger partial charge in [-0.3, -0.25) is 4.99 Å². The molecule has 0 saturated heterocycles. The summed E-state index contributed by atoms with van der Waals surface area (Å²) in [6.07, 6.45) is 3.03. The van der Waals surface area contributed by atoms with Gasteiger partial charge in [0.05, 0.1) is 6.20 Å². The van der Waals surface area contributed by atoms with Crippen molar-refractivity contribution in [1.29, 1.82) is 0 Å². The van der Waals surface area contributed by atoms with E-state index >= 15 is 0 Å². The van der Waals surface area contributed by atoms with Crippen molar-refractivity contribution in [2.45, 2.75) is 33.5 Å². The van der Waals surface area contributed by atoms with Crippen LogP contribution >= 0.6 is 0 Å². The van der Waals surface area contributed by atoms with Crippen LogP contribution in [0, 0.1) is 0 Å². The number of aliphatic hydroxyl groups is 1. The highest BCUT2D eigenvalue weighted by atomic mass is 16.6. The minimum atomic E-state index is -0.827. The smallest absolute Gasteiger partial charge is 0.197 e. The third kappa shape index (κ3) is 4.61. The summed E-state index contributed by atoms with van der Waals surface area (Å²) in [5, 5.41) is 9.40. The fourth-order valence-corrected chi connectivity index (χ4v) is 1.08. The van der Waals surface area contributed by atoms with Gasteiger partial charge in [-0.2, -0.15) is 0 Å². The number of allylic oxidation sites excluding steroid dienone is 2. The molecule has 0 heterocycles. The van der Waals surface area contributed by atoms with E-state index in [-0.39, 0.29) is 0 Å². The van der Waals surface area contributed by atoms with Crippen molar-refractivity contribution in [2.75, 3.05) is 0 Å². The molecule has 1 unspecified atom stereocenters. The molecule has 0 rings (SSSR count). The number of hydrogen-bond acceptors (Lipinski definition) is 3. The second-order valence-electron chi connectivity index (χ2n) is 3.14. The molecule has 0 saturated carbocycles. The lowest BCUT2D eigenvalue weighted by Gasteiger charge is -2.16. The van der Waals surface area contributed by atoms with Gasteiger partial charge in [0, 0.05) is 12.0 Å². The topological polar surface area (TPSA) is 41.8 Å². The van der Waals surface area contributed by atoms with E-state index in [0.717, 1.165) is 11.1 Å². The molecule has 0 amide bonds. The van der Waals surface area contributed by atoms with Gasteiger partial charge >= 0.3 is 0 Å². The molecule has 3 heteroatoms. The Morgan fingerprint density at radius 2 is 2.20 bits per heavy atom. The Bertz CT molecular complexity index is 290.